The van der Waals surface area contributed by atoms with Crippen molar-refractivity contribution in [2.75, 3.05) is 0 Å². The molecular formula is C5H7N3O4S. The molecule has 0 aromatic heterocycles. The third-order valence-electron chi connectivity index (χ3n) is 1.24. The Kier molecular flexibility index (Phi) is 4.09. The first-order chi connectivity index (χ1) is 5.92. The number of carboxylic acid groups (broad SMARTS) is 2. The van der Waals surface area contributed by atoms with Crippen molar-refractivity contribution in [3.8, 4) is 0 Å². The topological polar surface area (TPSA) is 123 Å². The van der Waals surface area contributed by atoms with Gasteiger partial charge in [0, 0.05) is 11.3 Å². The summed E-state index contributed by atoms with van der Waals surface area (Å²) in [6, 6.07) is 0. The number of carbonyl (C=O) groups is 2. The Morgan fingerprint density at radius 1 is 1.54 bits per heavy atom. The Hall–Kier alpha value is -1.40. The van der Waals surface area contributed by atoms with Crippen LogP contribution in [0.5, 0.6) is 0 Å². The highest BCUT2D eigenvalue weighted by atomic mass is 32.1. The molecule has 0 bridgehead atoms. The molecule has 0 aliphatic rings. The lowest BCUT2D eigenvalue weighted by molar-refractivity contribution is -0.140. The maximum absolute atomic E-state index is 10.5. The minimum Gasteiger partial charge on any atom is -0.481 e. The molecule has 13 heavy (non-hydrogen) atoms. The fraction of sp³-hybridized carbons (Fsp3) is 0.600. The molecule has 0 saturated carbocycles. The molecule has 0 aliphatic carbocycles. The van der Waals surface area contributed by atoms with Crippen molar-refractivity contribution in [2.24, 2.45) is 5.11 Å². The summed E-state index contributed by atoms with van der Waals surface area (Å²) in [6.45, 7) is 0. The van der Waals surface area contributed by atoms with E-state index in [0.29, 0.717) is 0 Å². The predicted octanol–water partition coefficient (Wildman–Crippen LogP) is 0.872. The molecule has 0 rings (SSSR count). The summed E-state index contributed by atoms with van der Waals surface area (Å²) in [6.07, 6.45) is -0.778. The third-order valence-corrected chi connectivity index (χ3v) is 1.74. The summed E-state index contributed by atoms with van der Waals surface area (Å²) < 4.78 is 0. The smallest absolute Gasteiger partial charge is 0.325 e. The summed E-state index contributed by atoms with van der Waals surface area (Å²) >= 11 is 3.58. The van der Waals surface area contributed by atoms with Crippen molar-refractivity contribution in [3.05, 3.63) is 10.4 Å². The van der Waals surface area contributed by atoms with Gasteiger partial charge < -0.3 is 10.2 Å². The van der Waals surface area contributed by atoms with Gasteiger partial charge in [-0.25, -0.2) is 0 Å². The monoisotopic (exact) mass is 205 g/mol. The summed E-state index contributed by atoms with van der Waals surface area (Å²) in [5.74, 6) is -2.64. The molecule has 0 amide bonds. The second-order valence-electron chi connectivity index (χ2n) is 2.20. The first-order valence-electron chi connectivity index (χ1n) is 3.16. The second kappa shape index (κ2) is 4.58. The molecule has 0 saturated heterocycles. The van der Waals surface area contributed by atoms with E-state index < -0.39 is 23.2 Å². The molecule has 1 unspecified atom stereocenters. The third kappa shape index (κ3) is 3.68. The predicted molar refractivity (Wildman–Crippen MR) is 45.4 cm³/mol. The molecule has 1 atom stereocenters. The van der Waals surface area contributed by atoms with Gasteiger partial charge in [-0.1, -0.05) is 5.11 Å². The van der Waals surface area contributed by atoms with Gasteiger partial charge in [0.15, 0.2) is 4.87 Å². The van der Waals surface area contributed by atoms with Crippen molar-refractivity contribution >= 4 is 24.6 Å². The van der Waals surface area contributed by atoms with Crippen molar-refractivity contribution in [3.63, 3.8) is 0 Å². The van der Waals surface area contributed by atoms with E-state index in [1.54, 1.807) is 0 Å². The average Bonchev–Trinajstić information content (AvgIpc) is 2.01. The quantitative estimate of drug-likeness (QED) is 0.266. The lowest BCUT2D eigenvalue weighted by Gasteiger charge is -2.15. The van der Waals surface area contributed by atoms with Crippen LogP contribution in [0.4, 0.5) is 0 Å². The van der Waals surface area contributed by atoms with Crippen LogP contribution >= 0.6 is 12.6 Å². The van der Waals surface area contributed by atoms with E-state index in [2.05, 4.69) is 22.7 Å². The highest BCUT2D eigenvalue weighted by Crippen LogP contribution is 2.23. The van der Waals surface area contributed by atoms with Crippen LogP contribution in [0.25, 0.3) is 10.4 Å². The Bertz CT molecular complexity index is 271. The van der Waals surface area contributed by atoms with Gasteiger partial charge in [0.1, 0.15) is 0 Å². The summed E-state index contributed by atoms with van der Waals surface area (Å²) in [5, 5.41) is 19.7. The lowest BCUT2D eigenvalue weighted by Crippen LogP contribution is -2.30. The van der Waals surface area contributed by atoms with Crippen LogP contribution in [-0.2, 0) is 9.59 Å². The van der Waals surface area contributed by atoms with Gasteiger partial charge in [0.2, 0.25) is 0 Å². The van der Waals surface area contributed by atoms with E-state index in [1.165, 1.54) is 0 Å². The fourth-order valence-electron chi connectivity index (χ4n) is 0.555. The van der Waals surface area contributed by atoms with Gasteiger partial charge >= 0.3 is 11.9 Å². The van der Waals surface area contributed by atoms with Crippen molar-refractivity contribution < 1.29 is 19.8 Å². The largest absolute Gasteiger partial charge is 0.481 e. The van der Waals surface area contributed by atoms with Crippen molar-refractivity contribution in [1.29, 1.82) is 0 Å². The molecule has 0 aromatic carbocycles. The lowest BCUT2D eigenvalue weighted by atomic mass is 10.1. The van der Waals surface area contributed by atoms with E-state index in [1.807, 2.05) is 0 Å². The number of hydrogen-bond donors (Lipinski definition) is 3. The minimum absolute atomic E-state index is 0.356. The Morgan fingerprint density at radius 2 is 2.08 bits per heavy atom. The average molecular weight is 205 g/mol. The number of nitrogens with zero attached hydrogens (tertiary/aromatic N) is 3. The molecule has 2 N–H and O–H groups in total. The summed E-state index contributed by atoms with van der Waals surface area (Å²) in [5.41, 5.74) is 8.01. The van der Waals surface area contributed by atoms with E-state index in [0.717, 1.165) is 0 Å². The van der Waals surface area contributed by atoms with Gasteiger partial charge in [0.25, 0.3) is 0 Å². The van der Waals surface area contributed by atoms with Crippen LogP contribution in [-0.4, -0.2) is 27.0 Å². The standard InChI is InChI=1S/C5H7N3O4S/c6-8-7-5(13,4(11)12)2-1-3(9)10/h13H,1-2H2,(H,9,10)(H,11,12). The SMILES string of the molecule is [N-]=[N+]=NC(S)(CCC(=O)O)C(=O)O. The van der Waals surface area contributed by atoms with Gasteiger partial charge in [-0.05, 0) is 12.0 Å². The summed E-state index contributed by atoms with van der Waals surface area (Å²) in [4.78, 5) is 20.9. The Morgan fingerprint density at radius 3 is 2.38 bits per heavy atom. The number of aliphatic carboxylic acids is 2. The van der Waals surface area contributed by atoms with Gasteiger partial charge in [0.05, 0.1) is 0 Å². The first kappa shape index (κ1) is 11.6. The first-order valence-corrected chi connectivity index (χ1v) is 3.61. The van der Waals surface area contributed by atoms with E-state index in [-0.39, 0.29) is 6.42 Å². The number of thiol groups is 1. The van der Waals surface area contributed by atoms with Crippen molar-refractivity contribution in [1.82, 2.24) is 0 Å². The highest BCUT2D eigenvalue weighted by molar-refractivity contribution is 7.82. The van der Waals surface area contributed by atoms with Crippen LogP contribution in [0.2, 0.25) is 0 Å². The molecule has 0 radical (unpaired) electrons. The zero-order chi connectivity index (χ0) is 10.5. The number of rotatable bonds is 5. The number of carboxylic acids is 2. The van der Waals surface area contributed by atoms with Crippen molar-refractivity contribution in [2.45, 2.75) is 17.7 Å². The minimum atomic E-state index is -1.98. The fourth-order valence-corrected chi connectivity index (χ4v) is 0.707. The van der Waals surface area contributed by atoms with Crippen LogP contribution in [0.1, 0.15) is 12.8 Å². The molecule has 72 valence electrons. The van der Waals surface area contributed by atoms with E-state index in [9.17, 15) is 9.59 Å². The molecule has 0 spiro atoms. The second-order valence-corrected chi connectivity index (χ2v) is 2.94. The zero-order valence-corrected chi connectivity index (χ0v) is 7.31. The maximum atomic E-state index is 10.5. The maximum Gasteiger partial charge on any atom is 0.325 e. The van der Waals surface area contributed by atoms with Gasteiger partial charge in [-0.15, -0.1) is 0 Å². The molecular weight excluding hydrogens is 198 g/mol. The van der Waals surface area contributed by atoms with Crippen LogP contribution in [0, 0.1) is 0 Å². The normalized spacial score (nSPS) is 13.9. The zero-order valence-electron chi connectivity index (χ0n) is 6.41. The molecule has 8 heteroatoms. The van der Waals surface area contributed by atoms with E-state index >= 15 is 0 Å². The molecule has 7 nitrogen and oxygen atoms in total. The number of hydrogen-bond acceptors (Lipinski definition) is 4. The van der Waals surface area contributed by atoms with Crippen LogP contribution < -0.4 is 0 Å². The molecule has 0 aliphatic heterocycles. The molecule has 0 aromatic rings. The molecule has 0 fully saturated rings. The van der Waals surface area contributed by atoms with Gasteiger partial charge in [-0.2, -0.15) is 12.6 Å². The Balaban J connectivity index is 4.51. The van der Waals surface area contributed by atoms with Crippen LogP contribution in [0.3, 0.4) is 0 Å². The van der Waals surface area contributed by atoms with Crippen LogP contribution in [0.15, 0.2) is 5.11 Å². The van der Waals surface area contributed by atoms with Gasteiger partial charge in [-0.3, -0.25) is 9.59 Å². The summed E-state index contributed by atoms with van der Waals surface area (Å²) in [7, 11) is 0. The van der Waals surface area contributed by atoms with E-state index in [4.69, 9.17) is 15.7 Å². The number of azide groups is 1. The highest BCUT2D eigenvalue weighted by Gasteiger charge is 2.33. The molecule has 0 heterocycles. The Labute approximate surface area is 78.4 Å².